The summed E-state index contributed by atoms with van der Waals surface area (Å²) in [5.74, 6) is 2.72. The van der Waals surface area contributed by atoms with Crippen LogP contribution in [0.2, 0.25) is 0 Å². The highest BCUT2D eigenvalue weighted by Gasteiger charge is 2.83. The Labute approximate surface area is 68.3 Å². The van der Waals surface area contributed by atoms with Crippen LogP contribution in [-0.4, -0.2) is 6.04 Å². The van der Waals surface area contributed by atoms with Gasteiger partial charge in [0.15, 0.2) is 0 Å². The van der Waals surface area contributed by atoms with Crippen LogP contribution < -0.4 is 5.73 Å². The molecule has 5 unspecified atom stereocenters. The van der Waals surface area contributed by atoms with Gasteiger partial charge >= 0.3 is 0 Å². The Bertz CT molecular complexity index is 228. The lowest BCUT2D eigenvalue weighted by Gasteiger charge is -2.29. The van der Waals surface area contributed by atoms with Gasteiger partial charge in [-0.15, -0.1) is 0 Å². The first kappa shape index (κ1) is 6.47. The Morgan fingerprint density at radius 2 is 1.82 bits per heavy atom. The molecule has 0 aliphatic heterocycles. The standard InChI is InChI=1S/C10H17N/c1-9(2)6-4-5-7(8(6)11)10(5,9)3/h5-8H,4,11H2,1-3H3. The van der Waals surface area contributed by atoms with Crippen molar-refractivity contribution >= 4 is 0 Å². The highest BCUT2D eigenvalue weighted by atomic mass is 14.9. The summed E-state index contributed by atoms with van der Waals surface area (Å²) in [7, 11) is 0. The van der Waals surface area contributed by atoms with E-state index in [9.17, 15) is 0 Å². The molecule has 4 fully saturated rings. The van der Waals surface area contributed by atoms with Crippen molar-refractivity contribution in [3.05, 3.63) is 0 Å². The number of nitrogens with two attached hydrogens (primary N) is 1. The third-order valence-electron chi connectivity index (χ3n) is 5.49. The van der Waals surface area contributed by atoms with E-state index in [4.69, 9.17) is 5.73 Å². The Morgan fingerprint density at radius 1 is 1.18 bits per heavy atom. The molecule has 0 aromatic heterocycles. The van der Waals surface area contributed by atoms with Crippen LogP contribution in [0.5, 0.6) is 0 Å². The summed E-state index contributed by atoms with van der Waals surface area (Å²) >= 11 is 0. The van der Waals surface area contributed by atoms with E-state index in [-0.39, 0.29) is 0 Å². The maximum absolute atomic E-state index is 6.17. The van der Waals surface area contributed by atoms with Gasteiger partial charge in [-0.3, -0.25) is 0 Å². The van der Waals surface area contributed by atoms with Crippen LogP contribution in [0.4, 0.5) is 0 Å². The van der Waals surface area contributed by atoms with Crippen molar-refractivity contribution in [1.29, 1.82) is 0 Å². The van der Waals surface area contributed by atoms with Crippen LogP contribution in [-0.2, 0) is 0 Å². The molecule has 62 valence electrons. The summed E-state index contributed by atoms with van der Waals surface area (Å²) in [6, 6.07) is 0.542. The van der Waals surface area contributed by atoms with Gasteiger partial charge in [-0.05, 0) is 35.0 Å². The van der Waals surface area contributed by atoms with Crippen molar-refractivity contribution in [2.45, 2.75) is 33.2 Å². The van der Waals surface area contributed by atoms with Crippen LogP contribution in [0.1, 0.15) is 27.2 Å². The average molecular weight is 151 g/mol. The minimum absolute atomic E-state index is 0.542. The molecule has 0 aromatic carbocycles. The molecule has 0 aromatic rings. The van der Waals surface area contributed by atoms with Gasteiger partial charge in [-0.25, -0.2) is 0 Å². The third-order valence-corrected chi connectivity index (χ3v) is 5.49. The lowest BCUT2D eigenvalue weighted by atomic mass is 9.76. The molecule has 1 nitrogen and oxygen atoms in total. The highest BCUT2D eigenvalue weighted by Crippen LogP contribution is 2.85. The highest BCUT2D eigenvalue weighted by molar-refractivity contribution is 5.32. The van der Waals surface area contributed by atoms with Crippen LogP contribution in [0.15, 0.2) is 0 Å². The van der Waals surface area contributed by atoms with Crippen molar-refractivity contribution < 1.29 is 0 Å². The third kappa shape index (κ3) is 0.376. The van der Waals surface area contributed by atoms with Crippen molar-refractivity contribution in [1.82, 2.24) is 0 Å². The summed E-state index contributed by atoms with van der Waals surface area (Å²) < 4.78 is 0. The molecule has 0 spiro atoms. The van der Waals surface area contributed by atoms with E-state index in [1.807, 2.05) is 0 Å². The quantitative estimate of drug-likeness (QED) is 0.559. The minimum atomic E-state index is 0.542. The second-order valence-corrected chi connectivity index (χ2v) is 5.56. The van der Waals surface area contributed by atoms with Crippen molar-refractivity contribution in [2.75, 3.05) is 0 Å². The topological polar surface area (TPSA) is 26.0 Å². The summed E-state index contributed by atoms with van der Waals surface area (Å²) in [6.45, 7) is 7.30. The minimum Gasteiger partial charge on any atom is -0.327 e. The number of hydrogen-bond donors (Lipinski definition) is 1. The van der Waals surface area contributed by atoms with Crippen LogP contribution >= 0.6 is 0 Å². The van der Waals surface area contributed by atoms with Gasteiger partial charge < -0.3 is 5.73 Å². The van der Waals surface area contributed by atoms with Gasteiger partial charge in [0.05, 0.1) is 0 Å². The van der Waals surface area contributed by atoms with E-state index in [1.165, 1.54) is 6.42 Å². The molecule has 4 rings (SSSR count). The molecule has 5 atom stereocenters. The predicted octanol–water partition coefficient (Wildman–Crippen LogP) is 1.63. The fourth-order valence-corrected chi connectivity index (χ4v) is 4.46. The summed E-state index contributed by atoms with van der Waals surface area (Å²) in [5, 5.41) is 0. The smallest absolute Gasteiger partial charge is 0.0109 e. The van der Waals surface area contributed by atoms with Gasteiger partial charge in [0.25, 0.3) is 0 Å². The van der Waals surface area contributed by atoms with Gasteiger partial charge in [-0.2, -0.15) is 0 Å². The van der Waals surface area contributed by atoms with E-state index in [1.54, 1.807) is 0 Å². The van der Waals surface area contributed by atoms with E-state index in [0.29, 0.717) is 16.9 Å². The monoisotopic (exact) mass is 151 g/mol. The van der Waals surface area contributed by atoms with Gasteiger partial charge in [0.2, 0.25) is 0 Å². The first-order valence-electron chi connectivity index (χ1n) is 4.77. The van der Waals surface area contributed by atoms with Crippen molar-refractivity contribution in [2.24, 2.45) is 34.3 Å². The molecule has 4 saturated carbocycles. The molecule has 1 heteroatoms. The maximum Gasteiger partial charge on any atom is 0.0109 e. The summed E-state index contributed by atoms with van der Waals surface area (Å²) in [5.41, 5.74) is 7.35. The SMILES string of the molecule is CC1(C)C2CC3C(C2N)C31C. The first-order valence-corrected chi connectivity index (χ1v) is 4.77. The van der Waals surface area contributed by atoms with Gasteiger partial charge in [-0.1, -0.05) is 20.8 Å². The van der Waals surface area contributed by atoms with E-state index >= 15 is 0 Å². The maximum atomic E-state index is 6.17. The van der Waals surface area contributed by atoms with Gasteiger partial charge in [0.1, 0.15) is 0 Å². The molecular formula is C10H17N. The first-order chi connectivity index (χ1) is 5.01. The Morgan fingerprint density at radius 3 is 1.91 bits per heavy atom. The van der Waals surface area contributed by atoms with Crippen molar-refractivity contribution in [3.63, 3.8) is 0 Å². The molecule has 4 aliphatic rings. The molecule has 0 radical (unpaired) electrons. The molecule has 0 heterocycles. The molecule has 4 bridgehead atoms. The van der Waals surface area contributed by atoms with E-state index < -0.39 is 0 Å². The lowest BCUT2D eigenvalue weighted by Crippen LogP contribution is -2.30. The second-order valence-electron chi connectivity index (χ2n) is 5.56. The summed E-state index contributed by atoms with van der Waals surface area (Å²) in [4.78, 5) is 0. The normalized spacial score (nSPS) is 68.7. The lowest BCUT2D eigenvalue weighted by molar-refractivity contribution is 0.195. The van der Waals surface area contributed by atoms with Crippen molar-refractivity contribution in [3.8, 4) is 0 Å². The molecule has 0 saturated heterocycles. The van der Waals surface area contributed by atoms with E-state index in [0.717, 1.165) is 17.8 Å². The Balaban J connectivity index is 2.16. The van der Waals surface area contributed by atoms with E-state index in [2.05, 4.69) is 20.8 Å². The zero-order valence-corrected chi connectivity index (χ0v) is 7.59. The molecular weight excluding hydrogens is 134 g/mol. The van der Waals surface area contributed by atoms with Crippen LogP contribution in [0.3, 0.4) is 0 Å². The summed E-state index contributed by atoms with van der Waals surface area (Å²) in [6.07, 6.45) is 1.43. The molecule has 2 N–H and O–H groups in total. The Kier molecular flexibility index (Phi) is 0.755. The van der Waals surface area contributed by atoms with Crippen LogP contribution in [0.25, 0.3) is 0 Å². The fourth-order valence-electron chi connectivity index (χ4n) is 4.46. The predicted molar refractivity (Wildman–Crippen MR) is 45.0 cm³/mol. The zero-order valence-electron chi connectivity index (χ0n) is 7.59. The molecule has 4 aliphatic carbocycles. The number of hydrogen-bond acceptors (Lipinski definition) is 1. The Hall–Kier alpha value is -0.0400. The number of rotatable bonds is 0. The fraction of sp³-hybridized carbons (Fsp3) is 1.00. The molecule has 11 heavy (non-hydrogen) atoms. The van der Waals surface area contributed by atoms with Gasteiger partial charge in [0, 0.05) is 6.04 Å². The molecule has 0 amide bonds. The largest absolute Gasteiger partial charge is 0.327 e. The average Bonchev–Trinajstić information content (AvgIpc) is 2.14. The zero-order chi connectivity index (χ0) is 8.02. The van der Waals surface area contributed by atoms with Crippen LogP contribution in [0, 0.1) is 28.6 Å². The second kappa shape index (κ2) is 1.28.